The first-order chi connectivity index (χ1) is 4.70. The lowest BCUT2D eigenvalue weighted by molar-refractivity contribution is -0.161. The first kappa shape index (κ1) is 7.18. The van der Waals surface area contributed by atoms with Gasteiger partial charge in [-0.25, -0.2) is 9.18 Å². The Morgan fingerprint density at radius 3 is 2.90 bits per heavy atom. The van der Waals surface area contributed by atoms with E-state index in [9.17, 15) is 14.0 Å². The van der Waals surface area contributed by atoms with Crippen LogP contribution < -0.4 is 0 Å². The molecular weight excluding hydrogens is 139 g/mol. The van der Waals surface area contributed by atoms with Crippen molar-refractivity contribution in [3.63, 3.8) is 0 Å². The molecule has 0 bridgehead atoms. The summed E-state index contributed by atoms with van der Waals surface area (Å²) in [5.74, 6) is -1.66. The highest BCUT2D eigenvalue weighted by Crippen LogP contribution is 2.12. The highest BCUT2D eigenvalue weighted by Gasteiger charge is 2.25. The normalized spacial score (nSPS) is 27.5. The molecule has 0 amide bonds. The molecule has 0 aromatic heterocycles. The maximum atomic E-state index is 12.4. The van der Waals surface area contributed by atoms with E-state index in [1.807, 2.05) is 0 Å². The van der Waals surface area contributed by atoms with Gasteiger partial charge in [0.25, 0.3) is 0 Å². The van der Waals surface area contributed by atoms with Gasteiger partial charge in [-0.05, 0) is 12.8 Å². The van der Waals surface area contributed by atoms with Crippen molar-refractivity contribution in [2.24, 2.45) is 0 Å². The van der Waals surface area contributed by atoms with Gasteiger partial charge < -0.3 is 4.74 Å². The van der Waals surface area contributed by atoms with Crippen LogP contribution in [0.15, 0.2) is 0 Å². The quantitative estimate of drug-likeness (QED) is 0.371. The van der Waals surface area contributed by atoms with Gasteiger partial charge >= 0.3 is 11.9 Å². The monoisotopic (exact) mass is 146 g/mol. The molecule has 56 valence electrons. The van der Waals surface area contributed by atoms with Crippen LogP contribution in [0.5, 0.6) is 0 Å². The summed E-state index contributed by atoms with van der Waals surface area (Å²) in [5, 5.41) is 0. The molecule has 1 rings (SSSR count). The standard InChI is InChI=1S/C6H7FO3/c7-4-2-1-3-5(8)10-6(4)9/h4H,1-3H2. The van der Waals surface area contributed by atoms with E-state index in [1.54, 1.807) is 0 Å². The average molecular weight is 146 g/mol. The van der Waals surface area contributed by atoms with E-state index in [0.29, 0.717) is 6.42 Å². The third-order valence-electron chi connectivity index (χ3n) is 1.31. The summed E-state index contributed by atoms with van der Waals surface area (Å²) >= 11 is 0. The second-order valence-corrected chi connectivity index (χ2v) is 2.15. The molecule has 1 atom stereocenters. The Morgan fingerprint density at radius 2 is 2.20 bits per heavy atom. The summed E-state index contributed by atoms with van der Waals surface area (Å²) in [6, 6.07) is 0. The largest absolute Gasteiger partial charge is 0.391 e. The SMILES string of the molecule is O=C1CCCC(F)C(=O)O1. The summed E-state index contributed by atoms with van der Waals surface area (Å²) in [4.78, 5) is 20.8. The lowest BCUT2D eigenvalue weighted by Gasteiger charge is -1.97. The van der Waals surface area contributed by atoms with Crippen LogP contribution in [0.3, 0.4) is 0 Å². The molecule has 1 heterocycles. The Bertz CT molecular complexity index is 166. The number of carbonyl (C=O) groups excluding carboxylic acids is 2. The summed E-state index contributed by atoms with van der Waals surface area (Å²) in [5.41, 5.74) is 0. The van der Waals surface area contributed by atoms with E-state index in [0.717, 1.165) is 0 Å². The van der Waals surface area contributed by atoms with Crippen LogP contribution in [-0.2, 0) is 14.3 Å². The number of alkyl halides is 1. The van der Waals surface area contributed by atoms with Gasteiger partial charge in [0.1, 0.15) is 0 Å². The van der Waals surface area contributed by atoms with Crippen molar-refractivity contribution in [1.29, 1.82) is 0 Å². The number of cyclic esters (lactones) is 2. The molecule has 0 N–H and O–H groups in total. The zero-order chi connectivity index (χ0) is 7.56. The summed E-state index contributed by atoms with van der Waals surface area (Å²) < 4.78 is 16.5. The fraction of sp³-hybridized carbons (Fsp3) is 0.667. The number of halogens is 1. The summed E-state index contributed by atoms with van der Waals surface area (Å²) in [6.45, 7) is 0. The Morgan fingerprint density at radius 1 is 1.50 bits per heavy atom. The Kier molecular flexibility index (Phi) is 1.99. The molecule has 0 aromatic rings. The first-order valence-electron chi connectivity index (χ1n) is 3.09. The van der Waals surface area contributed by atoms with Gasteiger partial charge in [-0.15, -0.1) is 0 Å². The third-order valence-corrected chi connectivity index (χ3v) is 1.31. The van der Waals surface area contributed by atoms with Gasteiger partial charge in [-0.1, -0.05) is 0 Å². The number of rotatable bonds is 0. The van der Waals surface area contributed by atoms with E-state index < -0.39 is 18.1 Å². The molecule has 4 heteroatoms. The minimum absolute atomic E-state index is 0.102. The minimum atomic E-state index is -1.61. The molecule has 0 saturated carbocycles. The molecule has 0 aliphatic carbocycles. The van der Waals surface area contributed by atoms with Crippen LogP contribution in [0.4, 0.5) is 4.39 Å². The molecule has 1 saturated heterocycles. The van der Waals surface area contributed by atoms with E-state index in [2.05, 4.69) is 4.74 Å². The van der Waals surface area contributed by atoms with Gasteiger partial charge in [0.2, 0.25) is 0 Å². The number of esters is 2. The van der Waals surface area contributed by atoms with Crippen LogP contribution >= 0.6 is 0 Å². The van der Waals surface area contributed by atoms with Crippen molar-refractivity contribution in [2.45, 2.75) is 25.4 Å². The van der Waals surface area contributed by atoms with Gasteiger partial charge in [-0.2, -0.15) is 0 Å². The molecule has 1 fully saturated rings. The van der Waals surface area contributed by atoms with E-state index in [-0.39, 0.29) is 12.8 Å². The Balaban J connectivity index is 2.57. The fourth-order valence-electron chi connectivity index (χ4n) is 0.771. The molecule has 3 nitrogen and oxygen atoms in total. The minimum Gasteiger partial charge on any atom is -0.391 e. The third kappa shape index (κ3) is 1.52. The second kappa shape index (κ2) is 2.77. The fourth-order valence-corrected chi connectivity index (χ4v) is 0.771. The molecule has 1 aliphatic rings. The van der Waals surface area contributed by atoms with Crippen molar-refractivity contribution in [3.8, 4) is 0 Å². The maximum absolute atomic E-state index is 12.4. The number of hydrogen-bond acceptors (Lipinski definition) is 3. The first-order valence-corrected chi connectivity index (χ1v) is 3.09. The lowest BCUT2D eigenvalue weighted by atomic mass is 10.2. The van der Waals surface area contributed by atoms with Crippen LogP contribution in [0.2, 0.25) is 0 Å². The predicted molar refractivity (Wildman–Crippen MR) is 29.8 cm³/mol. The van der Waals surface area contributed by atoms with Crippen molar-refractivity contribution >= 4 is 11.9 Å². The molecule has 0 radical (unpaired) electrons. The number of ether oxygens (including phenoxy) is 1. The van der Waals surface area contributed by atoms with Crippen molar-refractivity contribution in [1.82, 2.24) is 0 Å². The molecular formula is C6H7FO3. The van der Waals surface area contributed by atoms with E-state index in [1.165, 1.54) is 0 Å². The molecule has 1 aliphatic heterocycles. The predicted octanol–water partition coefficient (Wildman–Crippen LogP) is 0.578. The summed E-state index contributed by atoms with van der Waals surface area (Å²) in [7, 11) is 0. The Labute approximate surface area is 57.2 Å². The van der Waals surface area contributed by atoms with Crippen molar-refractivity contribution < 1.29 is 18.7 Å². The van der Waals surface area contributed by atoms with Gasteiger partial charge in [0, 0.05) is 6.42 Å². The summed E-state index contributed by atoms with van der Waals surface area (Å²) in [6.07, 6.45) is -0.964. The average Bonchev–Trinajstić information content (AvgIpc) is 1.96. The smallest absolute Gasteiger partial charge is 0.348 e. The van der Waals surface area contributed by atoms with Gasteiger partial charge in [-0.3, -0.25) is 4.79 Å². The van der Waals surface area contributed by atoms with Crippen LogP contribution in [0.25, 0.3) is 0 Å². The van der Waals surface area contributed by atoms with Crippen LogP contribution in [0.1, 0.15) is 19.3 Å². The molecule has 1 unspecified atom stereocenters. The van der Waals surface area contributed by atoms with Crippen molar-refractivity contribution in [2.75, 3.05) is 0 Å². The van der Waals surface area contributed by atoms with Crippen molar-refractivity contribution in [3.05, 3.63) is 0 Å². The number of carbonyl (C=O) groups is 2. The van der Waals surface area contributed by atoms with Crippen LogP contribution in [0, 0.1) is 0 Å². The van der Waals surface area contributed by atoms with E-state index >= 15 is 0 Å². The van der Waals surface area contributed by atoms with E-state index in [4.69, 9.17) is 0 Å². The lowest BCUT2D eigenvalue weighted by Crippen LogP contribution is -2.18. The highest BCUT2D eigenvalue weighted by molar-refractivity contribution is 5.88. The molecule has 0 aromatic carbocycles. The topological polar surface area (TPSA) is 43.4 Å². The van der Waals surface area contributed by atoms with Gasteiger partial charge in [0.05, 0.1) is 0 Å². The Hall–Kier alpha value is -0.930. The highest BCUT2D eigenvalue weighted by atomic mass is 19.1. The molecule has 0 spiro atoms. The zero-order valence-electron chi connectivity index (χ0n) is 5.30. The van der Waals surface area contributed by atoms with Gasteiger partial charge in [0.15, 0.2) is 6.17 Å². The molecule has 10 heavy (non-hydrogen) atoms. The number of hydrogen-bond donors (Lipinski definition) is 0. The maximum Gasteiger partial charge on any atom is 0.348 e. The van der Waals surface area contributed by atoms with Crippen LogP contribution in [-0.4, -0.2) is 18.1 Å². The zero-order valence-corrected chi connectivity index (χ0v) is 5.30. The second-order valence-electron chi connectivity index (χ2n) is 2.15.